The molecule has 2 aromatic rings. The highest BCUT2D eigenvalue weighted by Gasteiger charge is 2.04. The summed E-state index contributed by atoms with van der Waals surface area (Å²) in [5.41, 5.74) is 1.57. The molecule has 0 saturated carbocycles. The number of nitrogens with one attached hydrogen (secondary N) is 2. The first-order valence-corrected chi connectivity index (χ1v) is 7.13. The molecule has 0 saturated heterocycles. The monoisotopic (exact) mass is 447 g/mol. The van der Waals surface area contributed by atoms with Gasteiger partial charge in [-0.3, -0.25) is 4.99 Å². The lowest BCUT2D eigenvalue weighted by atomic mass is 10.2. The van der Waals surface area contributed by atoms with Crippen molar-refractivity contribution in [1.29, 1.82) is 0 Å². The zero-order valence-electron chi connectivity index (χ0n) is 13.5. The molecule has 0 aliphatic heterocycles. The second kappa shape index (κ2) is 10.1. The van der Waals surface area contributed by atoms with E-state index in [9.17, 15) is 8.78 Å². The fourth-order valence-electron chi connectivity index (χ4n) is 2.06. The van der Waals surface area contributed by atoms with E-state index < -0.39 is 5.82 Å². The molecular formula is C17H20F2IN3O. The van der Waals surface area contributed by atoms with Crippen LogP contribution in [0.15, 0.2) is 47.5 Å². The molecule has 24 heavy (non-hydrogen) atoms. The van der Waals surface area contributed by atoms with Crippen LogP contribution in [0.2, 0.25) is 0 Å². The number of aliphatic imine (C=N–C) groups is 1. The Kier molecular flexibility index (Phi) is 8.45. The van der Waals surface area contributed by atoms with E-state index in [0.29, 0.717) is 19.0 Å². The first-order valence-electron chi connectivity index (χ1n) is 7.13. The molecule has 0 amide bonds. The largest absolute Gasteiger partial charge is 0.494 e. The number of halogens is 3. The number of guanidine groups is 1. The van der Waals surface area contributed by atoms with Crippen molar-refractivity contribution in [3.05, 3.63) is 65.2 Å². The highest BCUT2D eigenvalue weighted by molar-refractivity contribution is 14.0. The average molecular weight is 447 g/mol. The van der Waals surface area contributed by atoms with Crippen LogP contribution < -0.4 is 15.4 Å². The zero-order valence-corrected chi connectivity index (χ0v) is 15.8. The van der Waals surface area contributed by atoms with E-state index in [-0.39, 0.29) is 35.5 Å². The van der Waals surface area contributed by atoms with Crippen LogP contribution in [0.25, 0.3) is 0 Å². The molecule has 4 nitrogen and oxygen atoms in total. The predicted molar refractivity (Wildman–Crippen MR) is 102 cm³/mol. The molecule has 2 aromatic carbocycles. The Hall–Kier alpha value is -1.90. The van der Waals surface area contributed by atoms with E-state index in [2.05, 4.69) is 15.6 Å². The van der Waals surface area contributed by atoms with Gasteiger partial charge in [-0.1, -0.05) is 18.2 Å². The van der Waals surface area contributed by atoms with Gasteiger partial charge in [-0.05, 0) is 35.4 Å². The predicted octanol–water partition coefficient (Wildman–Crippen LogP) is 3.46. The fourth-order valence-corrected chi connectivity index (χ4v) is 2.06. The third-order valence-corrected chi connectivity index (χ3v) is 3.25. The first kappa shape index (κ1) is 20.1. The van der Waals surface area contributed by atoms with Crippen molar-refractivity contribution in [2.75, 3.05) is 14.2 Å². The van der Waals surface area contributed by atoms with E-state index >= 15 is 0 Å². The van der Waals surface area contributed by atoms with Gasteiger partial charge in [0.15, 0.2) is 17.5 Å². The van der Waals surface area contributed by atoms with Gasteiger partial charge in [0.05, 0.1) is 7.11 Å². The molecule has 0 spiro atoms. The number of methoxy groups -OCH3 is 1. The van der Waals surface area contributed by atoms with Crippen molar-refractivity contribution in [3.8, 4) is 5.75 Å². The standard InChI is InChI=1S/C17H19F2N3O.HI/c1-20-17(21-10-12-4-3-5-14(18)8-12)22-11-13-6-7-16(23-2)15(19)9-13;/h3-9H,10-11H2,1-2H3,(H2,20,21,22);1H. The minimum Gasteiger partial charge on any atom is -0.494 e. The van der Waals surface area contributed by atoms with Gasteiger partial charge in [0, 0.05) is 20.1 Å². The Labute approximate surface area is 157 Å². The van der Waals surface area contributed by atoms with Crippen LogP contribution in [-0.4, -0.2) is 20.1 Å². The molecular weight excluding hydrogens is 427 g/mol. The van der Waals surface area contributed by atoms with Gasteiger partial charge in [-0.25, -0.2) is 8.78 Å². The average Bonchev–Trinajstić information content (AvgIpc) is 2.55. The Morgan fingerprint density at radius 1 is 1.04 bits per heavy atom. The van der Waals surface area contributed by atoms with Gasteiger partial charge < -0.3 is 15.4 Å². The maximum Gasteiger partial charge on any atom is 0.191 e. The summed E-state index contributed by atoms with van der Waals surface area (Å²) >= 11 is 0. The van der Waals surface area contributed by atoms with Gasteiger partial charge in [0.1, 0.15) is 5.82 Å². The summed E-state index contributed by atoms with van der Waals surface area (Å²) in [6.07, 6.45) is 0. The second-order valence-corrected chi connectivity index (χ2v) is 4.88. The SMILES string of the molecule is CN=C(NCc1cccc(F)c1)NCc1ccc(OC)c(F)c1.I. The number of benzene rings is 2. The summed E-state index contributed by atoms with van der Waals surface area (Å²) < 4.78 is 31.6. The highest BCUT2D eigenvalue weighted by Crippen LogP contribution is 2.17. The maximum atomic E-state index is 13.6. The second-order valence-electron chi connectivity index (χ2n) is 4.88. The molecule has 0 aliphatic carbocycles. The quantitative estimate of drug-likeness (QED) is 0.420. The van der Waals surface area contributed by atoms with Gasteiger partial charge in [-0.15, -0.1) is 24.0 Å². The van der Waals surface area contributed by atoms with Crippen molar-refractivity contribution in [3.63, 3.8) is 0 Å². The molecule has 0 aromatic heterocycles. The van der Waals surface area contributed by atoms with Crippen LogP contribution in [0.1, 0.15) is 11.1 Å². The summed E-state index contributed by atoms with van der Waals surface area (Å²) in [6.45, 7) is 0.845. The third-order valence-electron chi connectivity index (χ3n) is 3.25. The molecule has 2 rings (SSSR count). The smallest absolute Gasteiger partial charge is 0.191 e. The fraction of sp³-hybridized carbons (Fsp3) is 0.235. The van der Waals surface area contributed by atoms with Crippen LogP contribution in [-0.2, 0) is 13.1 Å². The van der Waals surface area contributed by atoms with Crippen LogP contribution in [0.4, 0.5) is 8.78 Å². The van der Waals surface area contributed by atoms with Crippen LogP contribution in [0.3, 0.4) is 0 Å². The number of nitrogens with zero attached hydrogens (tertiary/aromatic N) is 1. The number of hydrogen-bond acceptors (Lipinski definition) is 2. The minimum atomic E-state index is -0.408. The number of hydrogen-bond donors (Lipinski definition) is 2. The van der Waals surface area contributed by atoms with E-state index in [1.165, 1.54) is 25.3 Å². The zero-order chi connectivity index (χ0) is 16.7. The van der Waals surface area contributed by atoms with Crippen molar-refractivity contribution >= 4 is 29.9 Å². The third kappa shape index (κ3) is 5.95. The summed E-state index contributed by atoms with van der Waals surface area (Å²) in [6, 6.07) is 11.1. The summed E-state index contributed by atoms with van der Waals surface area (Å²) in [5, 5.41) is 6.15. The lowest BCUT2D eigenvalue weighted by Crippen LogP contribution is -2.36. The molecule has 0 heterocycles. The van der Waals surface area contributed by atoms with Crippen LogP contribution >= 0.6 is 24.0 Å². The van der Waals surface area contributed by atoms with Gasteiger partial charge in [0.2, 0.25) is 0 Å². The molecule has 0 fully saturated rings. The van der Waals surface area contributed by atoms with E-state index in [1.807, 2.05) is 6.07 Å². The number of ether oxygens (including phenoxy) is 1. The summed E-state index contributed by atoms with van der Waals surface area (Å²) in [4.78, 5) is 4.08. The van der Waals surface area contributed by atoms with Crippen molar-refractivity contribution in [2.45, 2.75) is 13.1 Å². The molecule has 0 aliphatic rings. The Balaban J connectivity index is 0.00000288. The molecule has 2 N–H and O–H groups in total. The van der Waals surface area contributed by atoms with Crippen LogP contribution in [0.5, 0.6) is 5.75 Å². The summed E-state index contributed by atoms with van der Waals surface area (Å²) in [5.74, 6) is 0.0725. The molecule has 0 atom stereocenters. The first-order chi connectivity index (χ1) is 11.1. The van der Waals surface area contributed by atoms with E-state index in [0.717, 1.165) is 11.1 Å². The van der Waals surface area contributed by atoms with Crippen molar-refractivity contribution in [1.82, 2.24) is 10.6 Å². The van der Waals surface area contributed by atoms with Crippen molar-refractivity contribution < 1.29 is 13.5 Å². The highest BCUT2D eigenvalue weighted by atomic mass is 127. The normalized spacial score (nSPS) is 10.8. The van der Waals surface area contributed by atoms with Gasteiger partial charge in [0.25, 0.3) is 0 Å². The minimum absolute atomic E-state index is 0. The van der Waals surface area contributed by atoms with Gasteiger partial charge >= 0.3 is 0 Å². The lowest BCUT2D eigenvalue weighted by molar-refractivity contribution is 0.386. The Morgan fingerprint density at radius 2 is 1.71 bits per heavy atom. The van der Waals surface area contributed by atoms with Crippen molar-refractivity contribution in [2.24, 2.45) is 4.99 Å². The topological polar surface area (TPSA) is 45.7 Å². The lowest BCUT2D eigenvalue weighted by Gasteiger charge is -2.12. The number of rotatable bonds is 5. The van der Waals surface area contributed by atoms with Crippen LogP contribution in [0, 0.1) is 11.6 Å². The molecule has 0 unspecified atom stereocenters. The van der Waals surface area contributed by atoms with E-state index in [4.69, 9.17) is 4.74 Å². The molecule has 7 heteroatoms. The Bertz CT molecular complexity index is 695. The summed E-state index contributed by atoms with van der Waals surface area (Å²) in [7, 11) is 3.06. The molecule has 0 bridgehead atoms. The molecule has 130 valence electrons. The van der Waals surface area contributed by atoms with Gasteiger partial charge in [-0.2, -0.15) is 0 Å². The van der Waals surface area contributed by atoms with E-state index in [1.54, 1.807) is 25.2 Å². The maximum absolute atomic E-state index is 13.6. The molecule has 0 radical (unpaired) electrons. The Morgan fingerprint density at radius 3 is 2.25 bits per heavy atom.